The molecular weight excluding hydrogens is 1070 g/mol. The van der Waals surface area contributed by atoms with E-state index in [4.69, 9.17) is 25.1 Å². The first kappa shape index (κ1) is 64.0. The number of benzene rings is 3. The number of phenols is 1. The number of fused-ring (bicyclic) bond motifs is 1. The quantitative estimate of drug-likeness (QED) is 0.0193. The molecule has 0 spiro atoms. The van der Waals surface area contributed by atoms with E-state index in [0.717, 1.165) is 24.6 Å². The van der Waals surface area contributed by atoms with E-state index in [-0.39, 0.29) is 61.6 Å². The third-order valence-corrected chi connectivity index (χ3v) is 15.4. The molecule has 3 aromatic rings. The molecule has 1 aliphatic heterocycles. The van der Waals surface area contributed by atoms with Crippen LogP contribution in [-0.2, 0) is 66.5 Å². The molecule has 11 N–H and O–H groups in total. The van der Waals surface area contributed by atoms with Gasteiger partial charge in [0.2, 0.25) is 35.5 Å². The topological polar surface area (TPSA) is 380 Å². The van der Waals surface area contributed by atoms with Crippen LogP contribution in [0.1, 0.15) is 132 Å². The van der Waals surface area contributed by atoms with Crippen LogP contribution in [0.3, 0.4) is 0 Å². The Hall–Kier alpha value is -7.48. The van der Waals surface area contributed by atoms with Crippen LogP contribution in [0.15, 0.2) is 57.2 Å². The molecule has 79 heavy (non-hydrogen) atoms. The van der Waals surface area contributed by atoms with E-state index in [1.54, 1.807) is 55.4 Å². The second kappa shape index (κ2) is 26.4. The van der Waals surface area contributed by atoms with Gasteiger partial charge in [-0.3, -0.25) is 33.8 Å². The lowest BCUT2D eigenvalue weighted by atomic mass is 9.88. The monoisotopic (exact) mass is 1140 g/mol. The Balaban J connectivity index is 1.53. The summed E-state index contributed by atoms with van der Waals surface area (Å²) in [5, 5.41) is 29.6. The molecule has 0 bridgehead atoms. The van der Waals surface area contributed by atoms with Gasteiger partial charge in [-0.25, -0.2) is 17.9 Å². The predicted molar refractivity (Wildman–Crippen MR) is 290 cm³/mol. The summed E-state index contributed by atoms with van der Waals surface area (Å²) in [6.07, 6.45) is 0.452. The molecule has 0 radical (unpaired) electrons. The molecule has 0 fully saturated rings. The van der Waals surface area contributed by atoms with Gasteiger partial charge in [-0.1, -0.05) is 26.0 Å². The largest absolute Gasteiger partial charge is 0.507 e. The van der Waals surface area contributed by atoms with Crippen LogP contribution in [0.5, 0.6) is 17.2 Å². The number of aromatic carboxylic acids is 1. The Bertz CT molecular complexity index is 3060. The van der Waals surface area contributed by atoms with Crippen molar-refractivity contribution in [1.82, 2.24) is 26.0 Å². The lowest BCUT2D eigenvalue weighted by Gasteiger charge is -2.35. The fourth-order valence-electron chi connectivity index (χ4n) is 8.59. The summed E-state index contributed by atoms with van der Waals surface area (Å²) in [6.45, 7) is 18.7. The van der Waals surface area contributed by atoms with Crippen molar-refractivity contribution in [1.29, 1.82) is 0 Å². The highest BCUT2D eigenvalue weighted by Crippen LogP contribution is 2.42. The van der Waals surface area contributed by atoms with Gasteiger partial charge in [0.1, 0.15) is 63.1 Å². The van der Waals surface area contributed by atoms with E-state index in [9.17, 15) is 60.6 Å². The Labute approximate surface area is 460 Å². The average molecular weight is 1140 g/mol. The zero-order valence-corrected chi connectivity index (χ0v) is 48.0. The van der Waals surface area contributed by atoms with Crippen LogP contribution in [0.4, 0.5) is 0 Å². The third kappa shape index (κ3) is 18.6. The number of hydrogen-bond donors (Lipinski definition) is 9. The fourth-order valence-corrected chi connectivity index (χ4v) is 11.1. The molecule has 1 heterocycles. The van der Waals surface area contributed by atoms with Crippen molar-refractivity contribution < 1.29 is 74.3 Å². The maximum atomic E-state index is 14.4. The second-order valence-corrected chi connectivity index (χ2v) is 24.5. The highest BCUT2D eigenvalue weighted by Gasteiger charge is 2.35. The maximum Gasteiger partial charge on any atom is 0.339 e. The van der Waals surface area contributed by atoms with Gasteiger partial charge in [0.25, 0.3) is 10.0 Å². The van der Waals surface area contributed by atoms with Gasteiger partial charge < -0.3 is 56.6 Å². The minimum Gasteiger partial charge on any atom is -0.507 e. The first-order chi connectivity index (χ1) is 36.5. The van der Waals surface area contributed by atoms with Crippen molar-refractivity contribution in [3.8, 4) is 17.2 Å². The number of aliphatic imine (C=N–C) groups is 1. The zero-order valence-electron chi connectivity index (χ0n) is 46.3. The first-order valence-electron chi connectivity index (χ1n) is 25.4. The normalized spacial score (nSPS) is 15.0. The SMILES string of the molecule is CC(=O)N[C@@H](CCC(=O)OC(C)(C)C)C(=O)N[C@@H](Cc1ccc(OS(=O)(=O)c2ccc(C(=O)O)c(O)c2)cc1)C(=O)N[C@@H](CC(C)C)C(=O)N[C@@H](CCCN=C(N)NS(=O)(=O)c1c(C)c(C)c2c(c1C)CCC(C)(C)O2)C(N)=O. The third-order valence-electron chi connectivity index (χ3n) is 12.5. The van der Waals surface area contributed by atoms with Gasteiger partial charge in [0, 0.05) is 32.4 Å². The van der Waals surface area contributed by atoms with Crippen LogP contribution in [-0.4, -0.2) is 116 Å². The van der Waals surface area contributed by atoms with Crippen molar-refractivity contribution in [2.75, 3.05) is 6.54 Å². The van der Waals surface area contributed by atoms with E-state index in [1.165, 1.54) is 24.3 Å². The van der Waals surface area contributed by atoms with E-state index < -0.39 is 119 Å². The van der Waals surface area contributed by atoms with E-state index >= 15 is 0 Å². The van der Waals surface area contributed by atoms with Crippen LogP contribution in [0, 0.1) is 26.7 Å². The Morgan fingerprint density at radius 3 is 1.97 bits per heavy atom. The number of primary amides is 1. The van der Waals surface area contributed by atoms with E-state index in [1.807, 2.05) is 13.8 Å². The van der Waals surface area contributed by atoms with Gasteiger partial charge in [-0.2, -0.15) is 8.42 Å². The number of esters is 1. The maximum absolute atomic E-state index is 14.4. The highest BCUT2D eigenvalue weighted by atomic mass is 32.2. The number of nitrogens with two attached hydrogens (primary N) is 2. The second-order valence-electron chi connectivity index (χ2n) is 21.4. The molecule has 0 saturated heterocycles. The number of nitrogens with zero attached hydrogens (tertiary/aromatic N) is 1. The standard InChI is InChI=1S/C53H74N8O16S2/c1-28(2)25-40(48(67)58-38(46(54)65)13-12-24-56-51(55)61-78(71,72)45-30(4)29(3)44-36(31(45)5)22-23-53(10,11)76-44)59-49(68)41(60-47(66)39(57-32(6)62)20-21-43(64)75-52(7,8)9)26-33-14-16-34(17-15-33)77-79(73,74)35-18-19-37(50(69)70)42(63)27-35/h14-19,27-28,38-41,63H,12-13,20-26H2,1-11H3,(H2,54,65)(H,57,62)(H,58,67)(H,59,68)(H,60,66)(H,69,70)(H3,55,56,61)/t38-,39-,40-,41-/m0/s1. The van der Waals surface area contributed by atoms with Crippen molar-refractivity contribution in [3.63, 3.8) is 0 Å². The van der Waals surface area contributed by atoms with Crippen LogP contribution in [0.2, 0.25) is 0 Å². The van der Waals surface area contributed by atoms with Gasteiger partial charge in [-0.15, -0.1) is 0 Å². The number of ether oxygens (including phenoxy) is 2. The zero-order chi connectivity index (χ0) is 59.5. The van der Waals surface area contributed by atoms with Gasteiger partial charge >= 0.3 is 22.1 Å². The number of hydrogen-bond acceptors (Lipinski definition) is 16. The van der Waals surface area contributed by atoms with Crippen molar-refractivity contribution in [3.05, 3.63) is 75.8 Å². The molecule has 4 atom stereocenters. The van der Waals surface area contributed by atoms with Crippen LogP contribution < -0.4 is 46.4 Å². The minimum absolute atomic E-state index is 0.0140. The number of carboxylic acid groups (broad SMARTS) is 1. The number of aromatic hydroxyl groups is 1. The van der Waals surface area contributed by atoms with Crippen molar-refractivity contribution in [2.24, 2.45) is 22.4 Å². The van der Waals surface area contributed by atoms with Crippen LogP contribution >= 0.6 is 0 Å². The molecule has 24 nitrogen and oxygen atoms in total. The van der Waals surface area contributed by atoms with Gasteiger partial charge in [0.05, 0.1) is 4.90 Å². The predicted octanol–water partition coefficient (Wildman–Crippen LogP) is 3.12. The number of nitrogens with one attached hydrogen (secondary N) is 5. The molecule has 0 aromatic heterocycles. The summed E-state index contributed by atoms with van der Waals surface area (Å²) in [4.78, 5) is 95.0. The highest BCUT2D eigenvalue weighted by molar-refractivity contribution is 7.90. The molecule has 26 heteroatoms. The molecular formula is C53H74N8O16S2. The number of carbonyl (C=O) groups excluding carboxylic acids is 6. The van der Waals surface area contributed by atoms with E-state index in [0.29, 0.717) is 46.9 Å². The summed E-state index contributed by atoms with van der Waals surface area (Å²) in [5.74, 6) is -7.40. The molecule has 4 rings (SSSR count). The number of amides is 5. The molecule has 0 unspecified atom stereocenters. The number of guanidine groups is 1. The summed E-state index contributed by atoms with van der Waals surface area (Å²) in [5.41, 5.74) is 12.8. The Kier molecular flexibility index (Phi) is 21.4. The number of sulfonamides is 1. The summed E-state index contributed by atoms with van der Waals surface area (Å²) in [6, 6.07) is 2.20. The van der Waals surface area contributed by atoms with Crippen molar-refractivity contribution >= 4 is 67.6 Å². The summed E-state index contributed by atoms with van der Waals surface area (Å²) < 4.78 is 72.7. The fraction of sp³-hybridized carbons (Fsp3) is 0.509. The molecule has 5 amide bonds. The summed E-state index contributed by atoms with van der Waals surface area (Å²) >= 11 is 0. The Morgan fingerprint density at radius 2 is 1.41 bits per heavy atom. The lowest BCUT2D eigenvalue weighted by molar-refractivity contribution is -0.155. The average Bonchev–Trinajstić information content (AvgIpc) is 3.31. The number of rotatable bonds is 25. The Morgan fingerprint density at radius 1 is 0.810 bits per heavy atom. The number of carbonyl (C=O) groups is 7. The first-order valence-corrected chi connectivity index (χ1v) is 28.3. The molecule has 434 valence electrons. The molecule has 0 aliphatic carbocycles. The van der Waals surface area contributed by atoms with Crippen LogP contribution in [0.25, 0.3) is 0 Å². The lowest BCUT2D eigenvalue weighted by Crippen LogP contribution is -2.58. The molecule has 1 aliphatic rings. The number of carboxylic acids is 1. The van der Waals surface area contributed by atoms with E-state index in [2.05, 4.69) is 31.0 Å². The van der Waals surface area contributed by atoms with Gasteiger partial charge in [-0.05, 0) is 152 Å². The summed E-state index contributed by atoms with van der Waals surface area (Å²) in [7, 11) is -8.83. The van der Waals surface area contributed by atoms with Gasteiger partial charge in [0.15, 0.2) is 0 Å². The smallest absolute Gasteiger partial charge is 0.339 e. The minimum atomic E-state index is -4.61. The molecule has 0 saturated carbocycles. The molecule has 3 aromatic carbocycles. The van der Waals surface area contributed by atoms with Crippen molar-refractivity contribution in [2.45, 2.75) is 173 Å².